The van der Waals surface area contributed by atoms with E-state index in [1.807, 2.05) is 64.1 Å². The van der Waals surface area contributed by atoms with Crippen molar-refractivity contribution in [2.45, 2.75) is 67.3 Å². The summed E-state index contributed by atoms with van der Waals surface area (Å²) in [6, 6.07) is 12.7. The highest BCUT2D eigenvalue weighted by Gasteiger charge is 2.23. The molecule has 0 aliphatic heterocycles. The number of hydrogen-bond donors (Lipinski definition) is 1. The average molecular weight is 535 g/mol. The molecule has 1 N–H and O–H groups in total. The van der Waals surface area contributed by atoms with Gasteiger partial charge in [0, 0.05) is 22.6 Å². The van der Waals surface area contributed by atoms with Crippen molar-refractivity contribution in [1.82, 2.24) is 19.5 Å². The normalized spacial score (nSPS) is 16.8. The number of carbonyl (C=O) groups is 1. The number of nitrogens with zero attached hydrogens (tertiary/aromatic N) is 4. The van der Waals surface area contributed by atoms with Crippen molar-refractivity contribution < 1.29 is 14.7 Å². The summed E-state index contributed by atoms with van der Waals surface area (Å²) in [5.41, 5.74) is 3.23. The first-order valence-electron chi connectivity index (χ1n) is 13.2. The lowest BCUT2D eigenvalue weighted by atomic mass is 9.77. The molecule has 1 aromatic carbocycles. The Morgan fingerprint density at radius 2 is 1.74 bits per heavy atom. The Morgan fingerprint density at radius 3 is 2.26 bits per heavy atom. The first-order valence-corrected chi connectivity index (χ1v) is 13.6. The summed E-state index contributed by atoms with van der Waals surface area (Å²) < 4.78 is 3.09. The highest BCUT2D eigenvalue weighted by Crippen LogP contribution is 2.32. The standard InChI is InChI=1S/C22H20N4O3S.C6H12.C2H6/c1-13-4-6-16(7-5-13)29-25-11-9-18-17(8-10-23-21(18)25)14(2)26-20(22(27)28)12-19(24-26)15(3)30;1-5-3-4-6(5)2;1-2/h4-12,14H,1-3H3,(H,27,28);5-6H,3-4H2,1-2H3;1-2H3. The molecule has 0 saturated heterocycles. The van der Waals surface area contributed by atoms with Gasteiger partial charge >= 0.3 is 5.97 Å². The quantitative estimate of drug-likeness (QED) is 0.204. The van der Waals surface area contributed by atoms with Gasteiger partial charge in [-0.15, -0.1) is 0 Å². The fourth-order valence-electron chi connectivity index (χ4n) is 4.17. The molecule has 0 bridgehead atoms. The van der Waals surface area contributed by atoms with Gasteiger partial charge in [0.05, 0.1) is 11.7 Å². The van der Waals surface area contributed by atoms with Crippen molar-refractivity contribution in [3.8, 4) is 5.75 Å². The van der Waals surface area contributed by atoms with E-state index >= 15 is 0 Å². The van der Waals surface area contributed by atoms with Gasteiger partial charge < -0.3 is 9.94 Å². The number of carboxylic acids is 1. The summed E-state index contributed by atoms with van der Waals surface area (Å²) in [6.45, 7) is 14.3. The van der Waals surface area contributed by atoms with E-state index in [4.69, 9.17) is 17.1 Å². The van der Waals surface area contributed by atoms with Crippen LogP contribution in [0.4, 0.5) is 0 Å². The van der Waals surface area contributed by atoms with Crippen molar-refractivity contribution in [1.29, 1.82) is 0 Å². The summed E-state index contributed by atoms with van der Waals surface area (Å²) in [5, 5.41) is 14.9. The number of aromatic carboxylic acids is 1. The van der Waals surface area contributed by atoms with Crippen molar-refractivity contribution in [2.75, 3.05) is 0 Å². The number of carboxylic acid groups (broad SMARTS) is 1. The van der Waals surface area contributed by atoms with E-state index in [2.05, 4.69) is 23.9 Å². The predicted molar refractivity (Wildman–Crippen MR) is 156 cm³/mol. The summed E-state index contributed by atoms with van der Waals surface area (Å²) in [7, 11) is 0. The zero-order valence-electron chi connectivity index (χ0n) is 23.3. The maximum Gasteiger partial charge on any atom is 0.354 e. The molecule has 202 valence electrons. The molecule has 5 rings (SSSR count). The van der Waals surface area contributed by atoms with Crippen LogP contribution in [0.25, 0.3) is 11.0 Å². The summed E-state index contributed by atoms with van der Waals surface area (Å²) in [4.78, 5) is 22.7. The molecule has 3 unspecified atom stereocenters. The van der Waals surface area contributed by atoms with Gasteiger partial charge in [-0.3, -0.25) is 4.68 Å². The van der Waals surface area contributed by atoms with Gasteiger partial charge in [-0.05, 0) is 68.5 Å². The second-order valence-corrected chi connectivity index (χ2v) is 10.2. The lowest BCUT2D eigenvalue weighted by Gasteiger charge is -2.29. The fourth-order valence-corrected chi connectivity index (χ4v) is 4.27. The highest BCUT2D eigenvalue weighted by molar-refractivity contribution is 7.80. The molecule has 1 saturated carbocycles. The van der Waals surface area contributed by atoms with E-state index < -0.39 is 5.97 Å². The Bertz CT molecular complexity index is 1380. The van der Waals surface area contributed by atoms with Crippen LogP contribution >= 0.6 is 12.2 Å². The van der Waals surface area contributed by atoms with Crippen LogP contribution in [0.1, 0.15) is 87.7 Å². The third kappa shape index (κ3) is 6.48. The number of pyridine rings is 1. The Labute approximate surface area is 230 Å². The van der Waals surface area contributed by atoms with Crippen molar-refractivity contribution in [2.24, 2.45) is 11.8 Å². The molecule has 0 spiro atoms. The van der Waals surface area contributed by atoms with Crippen molar-refractivity contribution >= 4 is 34.1 Å². The minimum atomic E-state index is -1.05. The summed E-state index contributed by atoms with van der Waals surface area (Å²) >= 11 is 5.18. The topological polar surface area (TPSA) is 82.2 Å². The van der Waals surface area contributed by atoms with Crippen LogP contribution in [0.15, 0.2) is 54.9 Å². The SMILES string of the molecule is CC.CC(=S)c1cc(C(=O)O)n(C(C)c2ccnc3c2ccn3Oc2ccc(C)cc2)n1.CC1CCC1C. The molecular formula is C30H38N4O3S. The molecule has 3 heterocycles. The van der Waals surface area contributed by atoms with Crippen LogP contribution in [0.3, 0.4) is 0 Å². The molecule has 38 heavy (non-hydrogen) atoms. The molecule has 0 radical (unpaired) electrons. The van der Waals surface area contributed by atoms with Crippen LogP contribution in [0, 0.1) is 18.8 Å². The van der Waals surface area contributed by atoms with Crippen LogP contribution in [-0.2, 0) is 0 Å². The number of thiocarbonyl (C=S) groups is 1. The maximum absolute atomic E-state index is 11.7. The second kappa shape index (κ2) is 12.8. The van der Waals surface area contributed by atoms with Gasteiger partial charge in [-0.25, -0.2) is 9.78 Å². The zero-order chi connectivity index (χ0) is 28.0. The summed E-state index contributed by atoms with van der Waals surface area (Å²) in [6.07, 6.45) is 6.42. The maximum atomic E-state index is 11.7. The van der Waals surface area contributed by atoms with Gasteiger partial charge in [0.25, 0.3) is 0 Å². The number of aryl methyl sites for hydroxylation is 1. The van der Waals surface area contributed by atoms with Gasteiger partial charge in [-0.2, -0.15) is 9.83 Å². The van der Waals surface area contributed by atoms with E-state index in [9.17, 15) is 9.90 Å². The van der Waals surface area contributed by atoms with E-state index in [0.29, 0.717) is 22.0 Å². The minimum absolute atomic E-state index is 0.0852. The molecule has 3 aromatic heterocycles. The molecule has 7 nitrogen and oxygen atoms in total. The fraction of sp³-hybridized carbons (Fsp3) is 0.400. The monoisotopic (exact) mass is 534 g/mol. The Balaban J connectivity index is 0.000000434. The molecular weight excluding hydrogens is 496 g/mol. The Hall–Kier alpha value is -3.52. The first kappa shape index (κ1) is 29.0. The molecule has 1 aliphatic rings. The smallest absolute Gasteiger partial charge is 0.354 e. The van der Waals surface area contributed by atoms with Crippen LogP contribution < -0.4 is 4.84 Å². The molecule has 3 atom stereocenters. The number of hydrogen-bond acceptors (Lipinski definition) is 5. The van der Waals surface area contributed by atoms with E-state index in [0.717, 1.165) is 28.3 Å². The van der Waals surface area contributed by atoms with Crippen LogP contribution in [0.5, 0.6) is 5.75 Å². The van der Waals surface area contributed by atoms with E-state index in [-0.39, 0.29) is 11.7 Å². The number of benzene rings is 1. The molecule has 0 amide bonds. The van der Waals surface area contributed by atoms with Crippen LogP contribution in [-0.4, -0.2) is 35.4 Å². The number of fused-ring (bicyclic) bond motifs is 1. The van der Waals surface area contributed by atoms with Gasteiger partial charge in [0.15, 0.2) is 11.4 Å². The first-order chi connectivity index (χ1) is 18.2. The average Bonchev–Trinajstić information content (AvgIpc) is 3.55. The van der Waals surface area contributed by atoms with Gasteiger partial charge in [-0.1, -0.05) is 70.5 Å². The Morgan fingerprint density at radius 1 is 1.11 bits per heavy atom. The molecule has 4 aromatic rings. The predicted octanol–water partition coefficient (Wildman–Crippen LogP) is 7.51. The van der Waals surface area contributed by atoms with Crippen molar-refractivity contribution in [3.63, 3.8) is 0 Å². The zero-order valence-corrected chi connectivity index (χ0v) is 24.1. The molecule has 1 aliphatic carbocycles. The third-order valence-corrected chi connectivity index (χ3v) is 7.20. The van der Waals surface area contributed by atoms with Crippen LogP contribution in [0.2, 0.25) is 0 Å². The largest absolute Gasteiger partial charge is 0.477 e. The lowest BCUT2D eigenvalue weighted by Crippen LogP contribution is -2.18. The van der Waals surface area contributed by atoms with E-state index in [1.165, 1.54) is 23.6 Å². The second-order valence-electron chi connectivity index (χ2n) is 9.61. The molecule has 1 fully saturated rings. The third-order valence-electron chi connectivity index (χ3n) is 6.99. The van der Waals surface area contributed by atoms with E-state index in [1.54, 1.807) is 24.0 Å². The highest BCUT2D eigenvalue weighted by atomic mass is 32.1. The number of aromatic nitrogens is 4. The van der Waals surface area contributed by atoms with Crippen molar-refractivity contribution in [3.05, 3.63) is 77.4 Å². The Kier molecular flexibility index (Phi) is 9.80. The van der Waals surface area contributed by atoms with Gasteiger partial charge in [0.1, 0.15) is 5.69 Å². The minimum Gasteiger partial charge on any atom is -0.477 e. The number of rotatable bonds is 6. The van der Waals surface area contributed by atoms with Gasteiger partial charge in [0.2, 0.25) is 0 Å². The molecule has 8 heteroatoms. The summed E-state index contributed by atoms with van der Waals surface area (Å²) in [5.74, 6) is 1.71. The lowest BCUT2D eigenvalue weighted by molar-refractivity contribution is 0.0682.